The van der Waals surface area contributed by atoms with Crippen LogP contribution in [0.4, 0.5) is 15.9 Å². The largest absolute Gasteiger partial charge is 0.361 e. The first-order chi connectivity index (χ1) is 9.40. The molecule has 2 rings (SSSR count). The van der Waals surface area contributed by atoms with Crippen LogP contribution in [0.3, 0.4) is 0 Å². The summed E-state index contributed by atoms with van der Waals surface area (Å²) in [6, 6.07) is 7.88. The number of halogens is 1. The zero-order valence-corrected chi connectivity index (χ0v) is 11.9. The smallest absolute Gasteiger partial charge is 0.262 e. The number of anilines is 2. The van der Waals surface area contributed by atoms with Gasteiger partial charge in [-0.25, -0.2) is 17.8 Å². The molecule has 0 aliphatic heterocycles. The lowest BCUT2D eigenvalue weighted by Crippen LogP contribution is -2.18. The van der Waals surface area contributed by atoms with Crippen molar-refractivity contribution < 1.29 is 12.8 Å². The Labute approximate surface area is 117 Å². The van der Waals surface area contributed by atoms with Gasteiger partial charge in [-0.15, -0.1) is 0 Å². The highest BCUT2D eigenvalue weighted by atomic mass is 32.2. The van der Waals surface area contributed by atoms with Crippen LogP contribution in [0.25, 0.3) is 0 Å². The monoisotopic (exact) mass is 295 g/mol. The standard InChI is InChI=1S/C13H14FN3O2S/c1-17(2)13-12(4-3-9-15-13)16-20(18,19)11-7-5-10(14)6-8-11/h3-9,16H,1-2H3. The van der Waals surface area contributed by atoms with Crippen molar-refractivity contribution >= 4 is 21.5 Å². The molecule has 7 heteroatoms. The predicted octanol–water partition coefficient (Wildman–Crippen LogP) is 2.09. The number of aromatic nitrogens is 1. The Morgan fingerprint density at radius 3 is 2.40 bits per heavy atom. The first-order valence-corrected chi connectivity index (χ1v) is 7.29. The van der Waals surface area contributed by atoms with E-state index in [4.69, 9.17) is 0 Å². The number of hydrogen-bond acceptors (Lipinski definition) is 4. The molecule has 0 saturated heterocycles. The summed E-state index contributed by atoms with van der Waals surface area (Å²) in [6.45, 7) is 0. The van der Waals surface area contributed by atoms with Gasteiger partial charge >= 0.3 is 0 Å². The maximum absolute atomic E-state index is 12.8. The van der Waals surface area contributed by atoms with Crippen LogP contribution in [0.1, 0.15) is 0 Å². The summed E-state index contributed by atoms with van der Waals surface area (Å²) < 4.78 is 39.7. The van der Waals surface area contributed by atoms with Gasteiger partial charge in [-0.1, -0.05) is 0 Å². The Kier molecular flexibility index (Phi) is 3.89. The molecule has 0 radical (unpaired) electrons. The SMILES string of the molecule is CN(C)c1ncccc1NS(=O)(=O)c1ccc(F)cc1. The molecule has 0 unspecified atom stereocenters. The fourth-order valence-corrected chi connectivity index (χ4v) is 2.71. The van der Waals surface area contributed by atoms with Crippen LogP contribution in [-0.4, -0.2) is 27.5 Å². The molecule has 1 aromatic carbocycles. The first kappa shape index (κ1) is 14.3. The summed E-state index contributed by atoms with van der Waals surface area (Å²) in [5.41, 5.74) is 0.363. The molecule has 0 saturated carbocycles. The van der Waals surface area contributed by atoms with E-state index in [-0.39, 0.29) is 4.90 Å². The van der Waals surface area contributed by atoms with E-state index < -0.39 is 15.8 Å². The van der Waals surface area contributed by atoms with Crippen LogP contribution in [-0.2, 0) is 10.0 Å². The van der Waals surface area contributed by atoms with E-state index in [9.17, 15) is 12.8 Å². The zero-order valence-electron chi connectivity index (χ0n) is 11.0. The summed E-state index contributed by atoms with van der Waals surface area (Å²) >= 11 is 0. The molecule has 1 heterocycles. The number of pyridine rings is 1. The average molecular weight is 295 g/mol. The molecule has 0 fully saturated rings. The topological polar surface area (TPSA) is 62.3 Å². The third-order valence-corrected chi connectivity index (χ3v) is 3.96. The van der Waals surface area contributed by atoms with Gasteiger partial charge in [0.1, 0.15) is 5.82 Å². The van der Waals surface area contributed by atoms with E-state index >= 15 is 0 Å². The van der Waals surface area contributed by atoms with Gasteiger partial charge in [0.15, 0.2) is 5.82 Å². The Morgan fingerprint density at radius 1 is 1.15 bits per heavy atom. The summed E-state index contributed by atoms with van der Waals surface area (Å²) in [7, 11) is -0.246. The lowest BCUT2D eigenvalue weighted by Gasteiger charge is -2.16. The molecule has 106 valence electrons. The highest BCUT2D eigenvalue weighted by molar-refractivity contribution is 7.92. The minimum Gasteiger partial charge on any atom is -0.361 e. The minimum atomic E-state index is -3.77. The maximum Gasteiger partial charge on any atom is 0.262 e. The molecule has 0 amide bonds. The van der Waals surface area contributed by atoms with Crippen molar-refractivity contribution in [2.45, 2.75) is 4.90 Å². The average Bonchev–Trinajstić information content (AvgIpc) is 2.39. The number of nitrogens with one attached hydrogen (secondary N) is 1. The lowest BCUT2D eigenvalue weighted by molar-refractivity contribution is 0.599. The highest BCUT2D eigenvalue weighted by Crippen LogP contribution is 2.23. The third-order valence-electron chi connectivity index (χ3n) is 2.58. The number of nitrogens with zero attached hydrogens (tertiary/aromatic N) is 2. The maximum atomic E-state index is 12.8. The quantitative estimate of drug-likeness (QED) is 0.938. The molecular formula is C13H14FN3O2S. The molecule has 0 atom stereocenters. The number of sulfonamides is 1. The van der Waals surface area contributed by atoms with Crippen LogP contribution in [0.15, 0.2) is 47.5 Å². The van der Waals surface area contributed by atoms with Crippen LogP contribution in [0.5, 0.6) is 0 Å². The number of rotatable bonds is 4. The van der Waals surface area contributed by atoms with Gasteiger partial charge in [-0.2, -0.15) is 0 Å². The van der Waals surface area contributed by atoms with Gasteiger partial charge in [0, 0.05) is 20.3 Å². The molecule has 0 aliphatic carbocycles. The van der Waals surface area contributed by atoms with E-state index in [2.05, 4.69) is 9.71 Å². The first-order valence-electron chi connectivity index (χ1n) is 5.81. The minimum absolute atomic E-state index is 0.00698. The normalized spacial score (nSPS) is 11.2. The van der Waals surface area contributed by atoms with Crippen molar-refractivity contribution in [3.05, 3.63) is 48.4 Å². The Balaban J connectivity index is 2.36. The lowest BCUT2D eigenvalue weighted by atomic mass is 10.4. The van der Waals surface area contributed by atoms with E-state index in [0.717, 1.165) is 12.1 Å². The van der Waals surface area contributed by atoms with E-state index in [0.29, 0.717) is 11.5 Å². The van der Waals surface area contributed by atoms with Gasteiger partial charge in [-0.05, 0) is 36.4 Å². The van der Waals surface area contributed by atoms with Crippen molar-refractivity contribution in [1.82, 2.24) is 4.98 Å². The Hall–Kier alpha value is -2.15. The van der Waals surface area contributed by atoms with Crippen LogP contribution in [0.2, 0.25) is 0 Å². The molecule has 5 nitrogen and oxygen atoms in total. The molecule has 1 N–H and O–H groups in total. The summed E-state index contributed by atoms with van der Waals surface area (Å²) in [4.78, 5) is 5.80. The summed E-state index contributed by atoms with van der Waals surface area (Å²) in [5.74, 6) is 0.0116. The molecule has 0 bridgehead atoms. The number of hydrogen-bond donors (Lipinski definition) is 1. The van der Waals surface area contributed by atoms with Gasteiger partial charge in [0.25, 0.3) is 10.0 Å². The fraction of sp³-hybridized carbons (Fsp3) is 0.154. The third kappa shape index (κ3) is 3.05. The summed E-state index contributed by atoms with van der Waals surface area (Å²) in [6.07, 6.45) is 1.57. The highest BCUT2D eigenvalue weighted by Gasteiger charge is 2.17. The van der Waals surface area contributed by atoms with Crippen LogP contribution >= 0.6 is 0 Å². The van der Waals surface area contributed by atoms with Gasteiger partial charge in [-0.3, -0.25) is 4.72 Å². The second-order valence-electron chi connectivity index (χ2n) is 4.33. The molecule has 1 aromatic heterocycles. The molecule has 2 aromatic rings. The molecule has 0 aliphatic rings. The molecular weight excluding hydrogens is 281 g/mol. The van der Waals surface area contributed by atoms with Crippen LogP contribution in [0, 0.1) is 5.82 Å². The predicted molar refractivity (Wildman–Crippen MR) is 75.8 cm³/mol. The van der Waals surface area contributed by atoms with Gasteiger partial charge < -0.3 is 4.90 Å². The second kappa shape index (κ2) is 5.46. The van der Waals surface area contributed by atoms with Crippen molar-refractivity contribution in [2.24, 2.45) is 0 Å². The van der Waals surface area contributed by atoms with E-state index in [1.54, 1.807) is 37.3 Å². The fourth-order valence-electron chi connectivity index (χ4n) is 1.65. The van der Waals surface area contributed by atoms with E-state index in [1.165, 1.54) is 12.1 Å². The van der Waals surface area contributed by atoms with Crippen LogP contribution < -0.4 is 9.62 Å². The summed E-state index contributed by atoms with van der Waals surface area (Å²) in [5, 5.41) is 0. The van der Waals surface area contributed by atoms with Crippen molar-refractivity contribution in [2.75, 3.05) is 23.7 Å². The van der Waals surface area contributed by atoms with Gasteiger partial charge in [0.05, 0.1) is 10.6 Å². The van der Waals surface area contributed by atoms with Crippen molar-refractivity contribution in [3.8, 4) is 0 Å². The Bertz CT molecular complexity index is 700. The van der Waals surface area contributed by atoms with Crippen molar-refractivity contribution in [3.63, 3.8) is 0 Å². The number of benzene rings is 1. The zero-order chi connectivity index (χ0) is 14.8. The molecule has 20 heavy (non-hydrogen) atoms. The molecule has 0 spiro atoms. The van der Waals surface area contributed by atoms with E-state index in [1.807, 2.05) is 0 Å². The van der Waals surface area contributed by atoms with Crippen molar-refractivity contribution in [1.29, 1.82) is 0 Å². The van der Waals surface area contributed by atoms with Gasteiger partial charge in [0.2, 0.25) is 0 Å². The Morgan fingerprint density at radius 2 is 1.80 bits per heavy atom. The second-order valence-corrected chi connectivity index (χ2v) is 6.01.